The van der Waals surface area contributed by atoms with Crippen molar-refractivity contribution < 1.29 is 18.7 Å². The molecular weight excluding hydrogens is 267 g/mol. The highest BCUT2D eigenvalue weighted by Gasteiger charge is 2.27. The number of halogens is 1. The van der Waals surface area contributed by atoms with Crippen LogP contribution in [-0.4, -0.2) is 40.8 Å². The highest BCUT2D eigenvalue weighted by molar-refractivity contribution is 5.93. The molecule has 0 bridgehead atoms. The van der Waals surface area contributed by atoms with E-state index in [1.165, 1.54) is 4.68 Å². The molecule has 0 aliphatic carbocycles. The molecule has 2 amide bonds. The number of nitrogens with one attached hydrogen (secondary N) is 2. The number of carbonyl (C=O) groups excluding carboxylic acids is 2. The fourth-order valence-corrected chi connectivity index (χ4v) is 1.86. The van der Waals surface area contributed by atoms with Gasteiger partial charge in [-0.2, -0.15) is 9.49 Å². The molecule has 0 spiro atoms. The number of carbonyl (C=O) groups is 2. The molecule has 0 fully saturated rings. The summed E-state index contributed by atoms with van der Waals surface area (Å²) in [5.74, 6) is -1.58. The maximum Gasteiger partial charge on any atom is 0.275 e. The lowest BCUT2D eigenvalue weighted by molar-refractivity contribution is -0.121. The number of ether oxygens (including phenoxy) is 1. The van der Waals surface area contributed by atoms with Crippen LogP contribution >= 0.6 is 0 Å². The second kappa shape index (κ2) is 5.89. The van der Waals surface area contributed by atoms with Gasteiger partial charge in [-0.15, -0.1) is 0 Å². The minimum Gasteiger partial charge on any atom is -0.474 e. The van der Waals surface area contributed by atoms with Crippen molar-refractivity contribution in [2.75, 3.05) is 13.2 Å². The number of amides is 2. The fraction of sp³-hybridized carbons (Fsp3) is 0.583. The van der Waals surface area contributed by atoms with Gasteiger partial charge in [0.25, 0.3) is 5.91 Å². The number of fused-ring (bicyclic) bond motifs is 1. The lowest BCUT2D eigenvalue weighted by Crippen LogP contribution is -2.34. The van der Waals surface area contributed by atoms with Gasteiger partial charge in [0, 0.05) is 19.0 Å². The molecule has 0 saturated carbocycles. The molecule has 2 N–H and O–H groups in total. The molecule has 0 saturated heterocycles. The second-order valence-electron chi connectivity index (χ2n) is 4.77. The van der Waals surface area contributed by atoms with Gasteiger partial charge in [0.15, 0.2) is 5.69 Å². The molecule has 0 aromatic carbocycles. The van der Waals surface area contributed by atoms with E-state index in [1.807, 2.05) is 13.8 Å². The van der Waals surface area contributed by atoms with E-state index < -0.39 is 11.7 Å². The second-order valence-corrected chi connectivity index (χ2v) is 4.77. The van der Waals surface area contributed by atoms with Crippen molar-refractivity contribution in [3.05, 3.63) is 11.5 Å². The monoisotopic (exact) mass is 284 g/mol. The van der Waals surface area contributed by atoms with Gasteiger partial charge in [-0.05, 0) is 13.8 Å². The van der Waals surface area contributed by atoms with E-state index in [2.05, 4.69) is 15.7 Å². The number of aromatic nitrogens is 2. The summed E-state index contributed by atoms with van der Waals surface area (Å²) in [7, 11) is 0. The van der Waals surface area contributed by atoms with Gasteiger partial charge < -0.3 is 15.4 Å². The number of hydrogen-bond donors (Lipinski definition) is 2. The summed E-state index contributed by atoms with van der Waals surface area (Å²) in [5.41, 5.74) is -0.302. The van der Waals surface area contributed by atoms with E-state index in [0.29, 0.717) is 13.2 Å². The van der Waals surface area contributed by atoms with Crippen LogP contribution in [-0.2, 0) is 11.3 Å². The smallest absolute Gasteiger partial charge is 0.275 e. The Morgan fingerprint density at radius 3 is 2.90 bits per heavy atom. The predicted octanol–water partition coefficient (Wildman–Crippen LogP) is 0.0591. The lowest BCUT2D eigenvalue weighted by Gasteiger charge is -2.08. The van der Waals surface area contributed by atoms with Gasteiger partial charge >= 0.3 is 0 Å². The highest BCUT2D eigenvalue weighted by atomic mass is 19.1. The zero-order valence-corrected chi connectivity index (χ0v) is 11.4. The minimum atomic E-state index is -0.758. The molecule has 110 valence electrons. The zero-order valence-electron chi connectivity index (χ0n) is 11.4. The molecule has 7 nitrogen and oxygen atoms in total. The summed E-state index contributed by atoms with van der Waals surface area (Å²) in [5, 5.41) is 9.00. The third-order valence-corrected chi connectivity index (χ3v) is 2.70. The average Bonchev–Trinajstić information content (AvgIpc) is 2.91. The van der Waals surface area contributed by atoms with Crippen LogP contribution in [0.25, 0.3) is 0 Å². The first kappa shape index (κ1) is 14.3. The molecule has 0 unspecified atom stereocenters. The summed E-state index contributed by atoms with van der Waals surface area (Å²) in [6.07, 6.45) is 0.135. The Kier molecular flexibility index (Phi) is 4.21. The molecule has 8 heteroatoms. The molecule has 1 aliphatic heterocycles. The maximum absolute atomic E-state index is 13.8. The van der Waals surface area contributed by atoms with Crippen molar-refractivity contribution in [2.45, 2.75) is 32.9 Å². The fourth-order valence-electron chi connectivity index (χ4n) is 1.86. The summed E-state index contributed by atoms with van der Waals surface area (Å²) in [6.45, 7) is 4.60. The Labute approximate surface area is 115 Å². The Hall–Kier alpha value is -2.12. The van der Waals surface area contributed by atoms with Crippen molar-refractivity contribution in [3.8, 4) is 5.88 Å². The SMILES string of the molecule is CC(C)NC(=O)CCNC(=O)c1nn2c(c1F)OCC2. The van der Waals surface area contributed by atoms with E-state index >= 15 is 0 Å². The van der Waals surface area contributed by atoms with Crippen LogP contribution in [0.4, 0.5) is 4.39 Å². The molecule has 20 heavy (non-hydrogen) atoms. The molecule has 1 aromatic heterocycles. The van der Waals surface area contributed by atoms with Crippen LogP contribution in [0.15, 0.2) is 0 Å². The molecule has 1 aliphatic rings. The van der Waals surface area contributed by atoms with Crippen molar-refractivity contribution in [2.24, 2.45) is 0 Å². The molecule has 2 rings (SSSR count). The number of hydrogen-bond acceptors (Lipinski definition) is 4. The van der Waals surface area contributed by atoms with Crippen LogP contribution in [0.1, 0.15) is 30.8 Å². The minimum absolute atomic E-state index is 0.00676. The quantitative estimate of drug-likeness (QED) is 0.800. The van der Waals surface area contributed by atoms with Crippen LogP contribution in [0.3, 0.4) is 0 Å². The van der Waals surface area contributed by atoms with E-state index in [-0.39, 0.29) is 36.5 Å². The summed E-state index contributed by atoms with van der Waals surface area (Å²) in [6, 6.07) is 0.0453. The highest BCUT2D eigenvalue weighted by Crippen LogP contribution is 2.24. The van der Waals surface area contributed by atoms with Gasteiger partial charge in [-0.1, -0.05) is 0 Å². The Bertz CT molecular complexity index is 527. The standard InChI is InChI=1S/C12H17FN4O3/c1-7(2)15-8(18)3-4-14-11(19)10-9(13)12-17(16-10)5-6-20-12/h7H,3-6H2,1-2H3,(H,14,19)(H,15,18). The van der Waals surface area contributed by atoms with Crippen molar-refractivity contribution >= 4 is 11.8 Å². The van der Waals surface area contributed by atoms with E-state index in [9.17, 15) is 14.0 Å². The Balaban J connectivity index is 1.85. The van der Waals surface area contributed by atoms with Gasteiger partial charge in [-0.3, -0.25) is 9.59 Å². The predicted molar refractivity (Wildman–Crippen MR) is 67.9 cm³/mol. The molecule has 1 aromatic rings. The molecule has 0 radical (unpaired) electrons. The average molecular weight is 284 g/mol. The normalized spacial score (nSPS) is 13.0. The van der Waals surface area contributed by atoms with Crippen molar-refractivity contribution in [3.63, 3.8) is 0 Å². The summed E-state index contributed by atoms with van der Waals surface area (Å²) < 4.78 is 20.1. The van der Waals surface area contributed by atoms with Gasteiger partial charge in [0.2, 0.25) is 17.6 Å². The van der Waals surface area contributed by atoms with Gasteiger partial charge in [-0.25, -0.2) is 4.68 Å². The van der Waals surface area contributed by atoms with Crippen LogP contribution in [0.2, 0.25) is 0 Å². The number of rotatable bonds is 5. The zero-order chi connectivity index (χ0) is 14.7. The van der Waals surface area contributed by atoms with E-state index in [4.69, 9.17) is 4.74 Å². The molecule has 0 atom stereocenters. The first-order chi connectivity index (χ1) is 9.49. The summed E-state index contributed by atoms with van der Waals surface area (Å²) in [4.78, 5) is 23.1. The number of nitrogens with zero attached hydrogens (tertiary/aromatic N) is 2. The maximum atomic E-state index is 13.8. The first-order valence-electron chi connectivity index (χ1n) is 6.45. The third kappa shape index (κ3) is 3.06. The van der Waals surface area contributed by atoms with Crippen molar-refractivity contribution in [1.82, 2.24) is 20.4 Å². The summed E-state index contributed by atoms with van der Waals surface area (Å²) >= 11 is 0. The molecular formula is C12H17FN4O3. The van der Waals surface area contributed by atoms with E-state index in [1.54, 1.807) is 0 Å². The topological polar surface area (TPSA) is 85.3 Å². The lowest BCUT2D eigenvalue weighted by atomic mass is 10.3. The van der Waals surface area contributed by atoms with E-state index in [0.717, 1.165) is 0 Å². The van der Waals surface area contributed by atoms with Crippen LogP contribution in [0.5, 0.6) is 5.88 Å². The van der Waals surface area contributed by atoms with Crippen LogP contribution in [0, 0.1) is 5.82 Å². The third-order valence-electron chi connectivity index (χ3n) is 2.70. The largest absolute Gasteiger partial charge is 0.474 e. The van der Waals surface area contributed by atoms with Crippen LogP contribution < -0.4 is 15.4 Å². The Morgan fingerprint density at radius 2 is 2.25 bits per heavy atom. The first-order valence-corrected chi connectivity index (χ1v) is 6.45. The van der Waals surface area contributed by atoms with Crippen molar-refractivity contribution in [1.29, 1.82) is 0 Å². The van der Waals surface area contributed by atoms with Gasteiger partial charge in [0.1, 0.15) is 6.61 Å². The molecule has 2 heterocycles. The van der Waals surface area contributed by atoms with Gasteiger partial charge in [0.05, 0.1) is 6.54 Å². The Morgan fingerprint density at radius 1 is 1.50 bits per heavy atom.